The largest absolute Gasteiger partial charge is 0.417 e. The lowest BCUT2D eigenvalue weighted by Gasteiger charge is -2.09. The molecule has 7 nitrogen and oxygen atoms in total. The van der Waals surface area contributed by atoms with Gasteiger partial charge in [0.05, 0.1) is 16.8 Å². The first-order valence-electron chi connectivity index (χ1n) is 6.86. The highest BCUT2D eigenvalue weighted by molar-refractivity contribution is 5.89. The normalized spacial score (nSPS) is 12.3. The van der Waals surface area contributed by atoms with Crippen molar-refractivity contribution in [1.82, 2.24) is 29.4 Å². The number of nitrogen functional groups attached to an aromatic ring is 1. The van der Waals surface area contributed by atoms with Gasteiger partial charge < -0.3 is 10.3 Å². The number of hydrogen-bond acceptors (Lipinski definition) is 5. The van der Waals surface area contributed by atoms with Gasteiger partial charge in [-0.05, 0) is 18.2 Å². The van der Waals surface area contributed by atoms with Crippen LogP contribution in [0.4, 0.5) is 19.0 Å². The summed E-state index contributed by atoms with van der Waals surface area (Å²) in [4.78, 5) is 8.00. The number of pyridine rings is 1. The van der Waals surface area contributed by atoms with E-state index in [1.165, 1.54) is 4.52 Å². The van der Waals surface area contributed by atoms with E-state index in [9.17, 15) is 13.2 Å². The van der Waals surface area contributed by atoms with E-state index in [1.54, 1.807) is 10.6 Å². The number of aryl methyl sites for hydroxylation is 1. The van der Waals surface area contributed by atoms with Crippen LogP contribution in [0.2, 0.25) is 0 Å². The van der Waals surface area contributed by atoms with Crippen molar-refractivity contribution in [2.45, 2.75) is 6.18 Å². The number of hydrogen-bond donors (Lipinski definition) is 1. The van der Waals surface area contributed by atoms with Crippen LogP contribution in [-0.4, -0.2) is 29.4 Å². The Balaban J connectivity index is 2.08. The maximum absolute atomic E-state index is 13.0. The minimum Gasteiger partial charge on any atom is -0.382 e. The standard InChI is InChI=1S/C14H10F3N7/c1-23-4-2-3-8(23)11-13-20-12(18)10-9(24(13)22-21-11)5-7(6-19-10)14(15,16)17/h2-6H,1H3,(H2,18,20). The van der Waals surface area contributed by atoms with E-state index in [2.05, 4.69) is 20.3 Å². The Morgan fingerprint density at radius 2 is 2.04 bits per heavy atom. The predicted octanol–water partition coefficient (Wildman–Crippen LogP) is 2.28. The molecule has 0 atom stereocenters. The second-order valence-corrected chi connectivity index (χ2v) is 5.26. The first kappa shape index (κ1) is 14.4. The summed E-state index contributed by atoms with van der Waals surface area (Å²) < 4.78 is 41.9. The van der Waals surface area contributed by atoms with Gasteiger partial charge >= 0.3 is 6.18 Å². The molecule has 0 aliphatic carbocycles. The molecule has 0 spiro atoms. The zero-order valence-electron chi connectivity index (χ0n) is 12.3. The quantitative estimate of drug-likeness (QED) is 0.577. The minimum atomic E-state index is -4.52. The van der Waals surface area contributed by atoms with Crippen LogP contribution in [0.3, 0.4) is 0 Å². The third kappa shape index (κ3) is 1.99. The molecular formula is C14H10F3N7. The topological polar surface area (TPSA) is 86.9 Å². The van der Waals surface area contributed by atoms with E-state index in [1.807, 2.05) is 19.3 Å². The number of nitrogens with zero attached hydrogens (tertiary/aromatic N) is 6. The van der Waals surface area contributed by atoms with Crippen LogP contribution in [0.1, 0.15) is 5.56 Å². The van der Waals surface area contributed by atoms with Gasteiger partial charge in [-0.2, -0.15) is 17.7 Å². The molecule has 0 aromatic carbocycles. The van der Waals surface area contributed by atoms with Crippen molar-refractivity contribution in [3.8, 4) is 11.4 Å². The molecule has 0 radical (unpaired) electrons. The van der Waals surface area contributed by atoms with Crippen molar-refractivity contribution < 1.29 is 13.2 Å². The van der Waals surface area contributed by atoms with Gasteiger partial charge in [-0.15, -0.1) is 5.10 Å². The highest BCUT2D eigenvalue weighted by Gasteiger charge is 2.32. The molecule has 4 aromatic heterocycles. The van der Waals surface area contributed by atoms with Crippen molar-refractivity contribution >= 4 is 22.5 Å². The van der Waals surface area contributed by atoms with Crippen molar-refractivity contribution in [3.05, 3.63) is 36.2 Å². The van der Waals surface area contributed by atoms with Crippen LogP contribution in [0, 0.1) is 0 Å². The molecule has 4 heterocycles. The highest BCUT2D eigenvalue weighted by Crippen LogP contribution is 2.32. The molecule has 24 heavy (non-hydrogen) atoms. The maximum Gasteiger partial charge on any atom is 0.417 e. The molecule has 10 heteroatoms. The molecule has 0 fully saturated rings. The van der Waals surface area contributed by atoms with E-state index >= 15 is 0 Å². The van der Waals surface area contributed by atoms with Gasteiger partial charge in [0.2, 0.25) is 0 Å². The lowest BCUT2D eigenvalue weighted by Crippen LogP contribution is -2.08. The average molecular weight is 333 g/mol. The lowest BCUT2D eigenvalue weighted by atomic mass is 10.2. The van der Waals surface area contributed by atoms with Crippen molar-refractivity contribution in [2.24, 2.45) is 7.05 Å². The third-order valence-corrected chi connectivity index (χ3v) is 3.73. The summed E-state index contributed by atoms with van der Waals surface area (Å²) in [6.45, 7) is 0. The lowest BCUT2D eigenvalue weighted by molar-refractivity contribution is -0.137. The van der Waals surface area contributed by atoms with Gasteiger partial charge in [0, 0.05) is 19.4 Å². The Bertz CT molecular complexity index is 1080. The van der Waals surface area contributed by atoms with Crippen molar-refractivity contribution in [1.29, 1.82) is 0 Å². The molecule has 4 rings (SSSR count). The monoisotopic (exact) mass is 333 g/mol. The second kappa shape index (κ2) is 4.66. The zero-order valence-corrected chi connectivity index (χ0v) is 12.3. The van der Waals surface area contributed by atoms with Crippen LogP contribution in [0.25, 0.3) is 28.1 Å². The molecule has 2 N–H and O–H groups in total. The number of alkyl halides is 3. The SMILES string of the molecule is Cn1cccc1-c1nnn2c1nc(N)c1ncc(C(F)(F)F)cc12. The summed E-state index contributed by atoms with van der Waals surface area (Å²) in [6.07, 6.45) is -1.98. The fourth-order valence-corrected chi connectivity index (χ4v) is 2.55. The van der Waals surface area contributed by atoms with Gasteiger partial charge in [-0.25, -0.2) is 4.98 Å². The van der Waals surface area contributed by atoms with E-state index in [4.69, 9.17) is 5.73 Å². The molecule has 0 saturated heterocycles. The van der Waals surface area contributed by atoms with Crippen LogP contribution in [0.5, 0.6) is 0 Å². The summed E-state index contributed by atoms with van der Waals surface area (Å²) in [5.41, 5.74) is 6.62. The van der Waals surface area contributed by atoms with Gasteiger partial charge in [0.1, 0.15) is 5.52 Å². The molecule has 4 aromatic rings. The molecule has 0 aliphatic rings. The smallest absolute Gasteiger partial charge is 0.382 e. The Kier molecular flexibility index (Phi) is 2.80. The van der Waals surface area contributed by atoms with Gasteiger partial charge in [0.25, 0.3) is 0 Å². The average Bonchev–Trinajstić information content (AvgIpc) is 3.12. The minimum absolute atomic E-state index is 0.0176. The number of halogens is 3. The number of anilines is 1. The first-order valence-corrected chi connectivity index (χ1v) is 6.86. The molecule has 0 saturated carbocycles. The summed E-state index contributed by atoms with van der Waals surface area (Å²) in [7, 11) is 1.81. The summed E-state index contributed by atoms with van der Waals surface area (Å²) in [5.74, 6) is 0.0176. The molecular weight excluding hydrogens is 323 g/mol. The highest BCUT2D eigenvalue weighted by atomic mass is 19.4. The number of fused-ring (bicyclic) bond motifs is 3. The van der Waals surface area contributed by atoms with E-state index in [-0.39, 0.29) is 22.5 Å². The number of nitrogens with two attached hydrogens (primary N) is 1. The Labute approximate surface area is 132 Å². The summed E-state index contributed by atoms with van der Waals surface area (Å²) >= 11 is 0. The first-order chi connectivity index (χ1) is 11.4. The van der Waals surface area contributed by atoms with Crippen LogP contribution >= 0.6 is 0 Å². The van der Waals surface area contributed by atoms with Crippen molar-refractivity contribution in [2.75, 3.05) is 5.73 Å². The van der Waals surface area contributed by atoms with Gasteiger partial charge in [-0.3, -0.25) is 4.98 Å². The maximum atomic E-state index is 13.0. The molecule has 0 aliphatic heterocycles. The summed E-state index contributed by atoms with van der Waals surface area (Å²) in [5, 5.41) is 7.98. The van der Waals surface area contributed by atoms with Crippen LogP contribution < -0.4 is 5.73 Å². The van der Waals surface area contributed by atoms with Crippen LogP contribution in [-0.2, 0) is 13.2 Å². The van der Waals surface area contributed by atoms with Crippen LogP contribution in [0.15, 0.2) is 30.6 Å². The third-order valence-electron chi connectivity index (χ3n) is 3.73. The fourth-order valence-electron chi connectivity index (χ4n) is 2.55. The van der Waals surface area contributed by atoms with Gasteiger partial charge in [-0.1, -0.05) is 5.21 Å². The van der Waals surface area contributed by atoms with Crippen molar-refractivity contribution in [3.63, 3.8) is 0 Å². The fraction of sp³-hybridized carbons (Fsp3) is 0.143. The molecule has 0 amide bonds. The molecule has 122 valence electrons. The Morgan fingerprint density at radius 1 is 1.25 bits per heavy atom. The number of aromatic nitrogens is 6. The molecule has 0 unspecified atom stereocenters. The number of rotatable bonds is 1. The van der Waals surface area contributed by atoms with E-state index in [0.29, 0.717) is 5.69 Å². The van der Waals surface area contributed by atoms with E-state index < -0.39 is 11.7 Å². The zero-order chi connectivity index (χ0) is 17.1. The van der Waals surface area contributed by atoms with E-state index in [0.717, 1.165) is 18.0 Å². The Hall–Kier alpha value is -3.17. The second-order valence-electron chi connectivity index (χ2n) is 5.26. The molecule has 0 bridgehead atoms. The Morgan fingerprint density at radius 3 is 2.71 bits per heavy atom. The summed E-state index contributed by atoms with van der Waals surface area (Å²) in [6, 6.07) is 4.56. The predicted molar refractivity (Wildman–Crippen MR) is 79.9 cm³/mol. The van der Waals surface area contributed by atoms with Gasteiger partial charge in [0.15, 0.2) is 17.2 Å².